The van der Waals surface area contributed by atoms with Gasteiger partial charge in [-0.3, -0.25) is 4.55 Å². The molecule has 0 fully saturated rings. The smallest absolute Gasteiger partial charge is 0.294 e. The fourth-order valence-electron chi connectivity index (χ4n) is 6.44. The molecule has 232 valence electrons. The third-order valence-corrected chi connectivity index (χ3v) is 9.69. The Morgan fingerprint density at radius 2 is 1.02 bits per heavy atom. The highest BCUT2D eigenvalue weighted by Crippen LogP contribution is 2.43. The molecular weight excluding hydrogens is 577 g/mol. The summed E-state index contributed by atoms with van der Waals surface area (Å²) in [6.07, 6.45) is 1.64. The third kappa shape index (κ3) is 6.98. The van der Waals surface area contributed by atoms with Crippen LogP contribution in [0.1, 0.15) is 67.1 Å². The number of nitrogens with one attached hydrogen (secondary N) is 2. The van der Waals surface area contributed by atoms with E-state index in [4.69, 9.17) is 0 Å². The molecule has 5 nitrogen and oxygen atoms in total. The number of hydrogen-bond donors (Lipinski definition) is 3. The average molecular weight is 619 g/mol. The van der Waals surface area contributed by atoms with Crippen molar-refractivity contribution in [3.05, 3.63) is 158 Å². The van der Waals surface area contributed by atoms with Crippen LogP contribution in [0.3, 0.4) is 0 Å². The molecule has 5 aromatic rings. The molecule has 0 unspecified atom stereocenters. The molecule has 0 aliphatic carbocycles. The van der Waals surface area contributed by atoms with Crippen molar-refractivity contribution >= 4 is 21.5 Å². The van der Waals surface area contributed by atoms with Crippen molar-refractivity contribution in [1.82, 2.24) is 0 Å². The van der Waals surface area contributed by atoms with Gasteiger partial charge < -0.3 is 10.6 Å². The molecule has 0 amide bonds. The molecule has 0 spiro atoms. The summed E-state index contributed by atoms with van der Waals surface area (Å²) in [5.41, 5.74) is 14.3. The molecule has 0 radical (unpaired) electrons. The Hall–Kier alpha value is -4.39. The zero-order chi connectivity index (χ0) is 32.3. The average Bonchev–Trinajstić information content (AvgIpc) is 3.01. The molecular formula is C39H42N2O3S. The largest absolute Gasteiger partial charge is 0.388 e. The maximum absolute atomic E-state index is 12.1. The molecule has 0 aliphatic rings. The Morgan fingerprint density at radius 3 is 1.40 bits per heavy atom. The van der Waals surface area contributed by atoms with Crippen LogP contribution in [0.4, 0.5) is 11.4 Å². The minimum atomic E-state index is -4.35. The first kappa shape index (κ1) is 32.0. The monoisotopic (exact) mass is 618 g/mol. The van der Waals surface area contributed by atoms with E-state index in [1.165, 1.54) is 33.4 Å². The minimum absolute atomic E-state index is 0.0927. The van der Waals surface area contributed by atoms with Crippen LogP contribution in [0.15, 0.2) is 102 Å². The summed E-state index contributed by atoms with van der Waals surface area (Å²) in [7, 11) is -0.461. The molecule has 0 heterocycles. The van der Waals surface area contributed by atoms with Gasteiger partial charge in [0.25, 0.3) is 10.1 Å². The second-order valence-electron chi connectivity index (χ2n) is 11.9. The van der Waals surface area contributed by atoms with Gasteiger partial charge in [0.05, 0.1) is 4.90 Å². The fourth-order valence-corrected chi connectivity index (χ4v) is 7.09. The second-order valence-corrected chi connectivity index (χ2v) is 13.4. The van der Waals surface area contributed by atoms with Crippen molar-refractivity contribution in [3.8, 4) is 0 Å². The molecule has 3 N–H and O–H groups in total. The molecule has 5 aromatic carbocycles. The first-order valence-electron chi connectivity index (χ1n) is 15.3. The Bertz CT molecular complexity index is 1840. The maximum Gasteiger partial charge on any atom is 0.294 e. The van der Waals surface area contributed by atoms with Crippen molar-refractivity contribution in [2.24, 2.45) is 0 Å². The van der Waals surface area contributed by atoms with Crippen LogP contribution in [0.5, 0.6) is 0 Å². The van der Waals surface area contributed by atoms with Gasteiger partial charge in [0.1, 0.15) is 0 Å². The molecule has 0 bridgehead atoms. The Morgan fingerprint density at radius 1 is 0.600 bits per heavy atom. The number of aryl methyl sites for hydroxylation is 4. The number of hydrogen-bond acceptors (Lipinski definition) is 4. The van der Waals surface area contributed by atoms with E-state index in [1.807, 2.05) is 27.9 Å². The molecule has 0 atom stereocenters. The molecule has 5 rings (SSSR count). The molecule has 0 aliphatic heterocycles. The second kappa shape index (κ2) is 13.3. The lowest BCUT2D eigenvalue weighted by Crippen LogP contribution is -2.14. The van der Waals surface area contributed by atoms with Gasteiger partial charge in [0.15, 0.2) is 0 Å². The predicted octanol–water partition coefficient (Wildman–Crippen LogP) is 8.61. The van der Waals surface area contributed by atoms with E-state index >= 15 is 0 Å². The van der Waals surface area contributed by atoms with Gasteiger partial charge in [-0.25, -0.2) is 0 Å². The molecule has 6 heteroatoms. The lowest BCUT2D eigenvalue weighted by molar-refractivity contribution is 0.483. The minimum Gasteiger partial charge on any atom is -0.388 e. The van der Waals surface area contributed by atoms with Crippen LogP contribution < -0.4 is 10.6 Å². The van der Waals surface area contributed by atoms with Crippen molar-refractivity contribution in [2.45, 2.75) is 51.3 Å². The zero-order valence-corrected chi connectivity index (χ0v) is 27.7. The summed E-state index contributed by atoms with van der Waals surface area (Å²) < 4.78 is 34.1. The van der Waals surface area contributed by atoms with E-state index in [0.717, 1.165) is 52.0 Å². The number of anilines is 2. The first-order valence-corrected chi connectivity index (χ1v) is 16.7. The van der Waals surface area contributed by atoms with Gasteiger partial charge in [-0.05, 0) is 126 Å². The summed E-state index contributed by atoms with van der Waals surface area (Å²) in [5.74, 6) is -0.217. The SMILES string of the molecule is CNc1cc(Cc2ccccc2C)ccc1C(c1ccc(Cc2ccccc2C)cc1NC)c1c(C)cc(S(=O)(=O)O)cc1C. The van der Waals surface area contributed by atoms with Crippen LogP contribution in [0.25, 0.3) is 0 Å². The first-order chi connectivity index (χ1) is 21.5. The van der Waals surface area contributed by atoms with Gasteiger partial charge in [-0.1, -0.05) is 72.8 Å². The van der Waals surface area contributed by atoms with Crippen LogP contribution >= 0.6 is 0 Å². The van der Waals surface area contributed by atoms with E-state index in [9.17, 15) is 13.0 Å². The maximum atomic E-state index is 12.1. The van der Waals surface area contributed by atoms with E-state index in [-0.39, 0.29) is 10.8 Å². The lowest BCUT2D eigenvalue weighted by atomic mass is 9.78. The summed E-state index contributed by atoms with van der Waals surface area (Å²) in [4.78, 5) is -0.0927. The summed E-state index contributed by atoms with van der Waals surface area (Å²) in [5, 5.41) is 6.92. The van der Waals surface area contributed by atoms with E-state index in [2.05, 4.69) is 109 Å². The quantitative estimate of drug-likeness (QED) is 0.108. The van der Waals surface area contributed by atoms with Crippen molar-refractivity contribution in [1.29, 1.82) is 0 Å². The van der Waals surface area contributed by atoms with Gasteiger partial charge >= 0.3 is 0 Å². The Balaban J connectivity index is 1.68. The number of rotatable bonds is 10. The van der Waals surface area contributed by atoms with Gasteiger partial charge in [0.2, 0.25) is 0 Å². The van der Waals surface area contributed by atoms with Crippen molar-refractivity contribution in [2.75, 3.05) is 24.7 Å². The van der Waals surface area contributed by atoms with Crippen molar-refractivity contribution < 1.29 is 13.0 Å². The highest BCUT2D eigenvalue weighted by atomic mass is 32.2. The predicted molar refractivity (Wildman–Crippen MR) is 187 cm³/mol. The highest BCUT2D eigenvalue weighted by Gasteiger charge is 2.27. The van der Waals surface area contributed by atoms with Crippen molar-refractivity contribution in [3.63, 3.8) is 0 Å². The van der Waals surface area contributed by atoms with Crippen LogP contribution in [-0.2, 0) is 23.0 Å². The number of benzene rings is 5. The fraction of sp³-hybridized carbons (Fsp3) is 0.231. The summed E-state index contributed by atoms with van der Waals surface area (Å²) >= 11 is 0. The molecule has 0 saturated carbocycles. The third-order valence-electron chi connectivity index (χ3n) is 8.86. The van der Waals surface area contributed by atoms with E-state index in [0.29, 0.717) is 0 Å². The lowest BCUT2D eigenvalue weighted by Gasteiger charge is -2.28. The van der Waals surface area contributed by atoms with Crippen LogP contribution in [-0.4, -0.2) is 27.1 Å². The van der Waals surface area contributed by atoms with Gasteiger partial charge in [0, 0.05) is 31.4 Å². The highest BCUT2D eigenvalue weighted by molar-refractivity contribution is 7.85. The standard InChI is InChI=1S/C39H42N2O3S/c1-25-11-7-9-13-31(25)21-29-15-17-34(36(23-29)40-5)39(38-27(3)19-33(20-28(38)4)45(42,43)44)35-18-16-30(24-37(35)41-6)22-32-14-10-8-12-26(32)2/h7-20,23-24,39-41H,21-22H2,1-6H3,(H,42,43,44). The molecule has 45 heavy (non-hydrogen) atoms. The summed E-state index contributed by atoms with van der Waals surface area (Å²) in [6.45, 7) is 8.12. The Labute approximate surface area is 268 Å². The van der Waals surface area contributed by atoms with Gasteiger partial charge in [-0.2, -0.15) is 8.42 Å². The molecule has 0 aromatic heterocycles. The zero-order valence-electron chi connectivity index (χ0n) is 26.9. The summed E-state index contributed by atoms with van der Waals surface area (Å²) in [6, 6.07) is 33.3. The topological polar surface area (TPSA) is 78.4 Å². The Kier molecular flexibility index (Phi) is 9.47. The van der Waals surface area contributed by atoms with E-state index in [1.54, 1.807) is 12.1 Å². The van der Waals surface area contributed by atoms with Gasteiger partial charge in [-0.15, -0.1) is 0 Å². The van der Waals surface area contributed by atoms with Crippen LogP contribution in [0.2, 0.25) is 0 Å². The van der Waals surface area contributed by atoms with E-state index < -0.39 is 10.1 Å². The van der Waals surface area contributed by atoms with Crippen LogP contribution in [0, 0.1) is 27.7 Å². The normalized spacial score (nSPS) is 11.6. The molecule has 0 saturated heterocycles.